The largest absolute Gasteiger partial charge is 0.507 e. The van der Waals surface area contributed by atoms with Crippen LogP contribution in [0.4, 0.5) is 13.2 Å². The number of aromatic hydroxyl groups is 1. The molecule has 0 radical (unpaired) electrons. The Morgan fingerprint density at radius 1 is 1.30 bits per heavy atom. The molecule has 1 aromatic rings. The zero-order valence-corrected chi connectivity index (χ0v) is 10.4. The summed E-state index contributed by atoms with van der Waals surface area (Å²) in [5.74, 6) is -3.26. The molecule has 0 saturated heterocycles. The topological polar surface area (TPSA) is 77.8 Å². The minimum absolute atomic E-state index is 0.118. The highest BCUT2D eigenvalue weighted by Crippen LogP contribution is 2.23. The molecule has 0 unspecified atom stereocenters. The number of benzene rings is 1. The van der Waals surface area contributed by atoms with Crippen molar-refractivity contribution in [3.63, 3.8) is 0 Å². The Kier molecular flexibility index (Phi) is 4.59. The molecule has 20 heavy (non-hydrogen) atoms. The summed E-state index contributed by atoms with van der Waals surface area (Å²) in [6, 6.07) is 3.79. The van der Waals surface area contributed by atoms with E-state index in [1.165, 1.54) is 12.1 Å². The molecule has 0 aliphatic heterocycles. The van der Waals surface area contributed by atoms with Gasteiger partial charge in [-0.15, -0.1) is 0 Å². The second-order valence-electron chi connectivity index (χ2n) is 4.19. The molecule has 5 nitrogen and oxygen atoms in total. The Morgan fingerprint density at radius 3 is 2.35 bits per heavy atom. The molecule has 0 aromatic heterocycles. The van der Waals surface area contributed by atoms with Gasteiger partial charge in [0.2, 0.25) is 0 Å². The third kappa shape index (κ3) is 4.45. The number of carbonyl (C=O) groups excluding carboxylic acids is 1. The van der Waals surface area contributed by atoms with Crippen LogP contribution in [-0.4, -0.2) is 46.3 Å². The quantitative estimate of drug-likeness (QED) is 0.886. The minimum Gasteiger partial charge on any atom is -0.507 e. The van der Waals surface area contributed by atoms with Crippen LogP contribution in [0, 0.1) is 6.92 Å². The number of phenolic OH excluding ortho intramolecular Hbond substituents is 1. The number of alkyl halides is 3. The first-order valence-electron chi connectivity index (χ1n) is 5.47. The normalized spacial score (nSPS) is 11.2. The van der Waals surface area contributed by atoms with Crippen LogP contribution in [0.15, 0.2) is 18.2 Å². The van der Waals surface area contributed by atoms with Crippen LogP contribution in [0.25, 0.3) is 0 Å². The summed E-state index contributed by atoms with van der Waals surface area (Å²) >= 11 is 0. The Morgan fingerprint density at radius 2 is 1.90 bits per heavy atom. The van der Waals surface area contributed by atoms with Crippen LogP contribution < -0.4 is 0 Å². The number of halogens is 3. The molecule has 0 bridgehead atoms. The van der Waals surface area contributed by atoms with Gasteiger partial charge in [0.15, 0.2) is 0 Å². The number of hydrogen-bond acceptors (Lipinski definition) is 3. The van der Waals surface area contributed by atoms with Crippen LogP contribution in [0.5, 0.6) is 5.75 Å². The number of aryl methyl sites for hydroxylation is 1. The van der Waals surface area contributed by atoms with E-state index in [0.717, 1.165) is 6.07 Å². The van der Waals surface area contributed by atoms with Crippen molar-refractivity contribution >= 4 is 11.9 Å². The van der Waals surface area contributed by atoms with E-state index in [9.17, 15) is 27.9 Å². The van der Waals surface area contributed by atoms with E-state index < -0.39 is 36.9 Å². The number of carbonyl (C=O) groups is 2. The van der Waals surface area contributed by atoms with Gasteiger partial charge >= 0.3 is 12.1 Å². The van der Waals surface area contributed by atoms with Gasteiger partial charge in [0, 0.05) is 0 Å². The van der Waals surface area contributed by atoms with Crippen LogP contribution in [-0.2, 0) is 4.79 Å². The molecule has 8 heteroatoms. The van der Waals surface area contributed by atoms with Crippen LogP contribution in [0.3, 0.4) is 0 Å². The van der Waals surface area contributed by atoms with E-state index in [2.05, 4.69) is 0 Å². The molecule has 1 rings (SSSR count). The van der Waals surface area contributed by atoms with Gasteiger partial charge < -0.3 is 15.1 Å². The number of amides is 1. The second-order valence-corrected chi connectivity index (χ2v) is 4.19. The SMILES string of the molecule is Cc1ccc(C(=O)N(CC(=O)O)CC(F)(F)F)c(O)c1. The smallest absolute Gasteiger partial charge is 0.406 e. The third-order valence-corrected chi connectivity index (χ3v) is 2.37. The number of nitrogens with zero attached hydrogens (tertiary/aromatic N) is 1. The predicted molar refractivity (Wildman–Crippen MR) is 62.4 cm³/mol. The van der Waals surface area contributed by atoms with Crippen LogP contribution in [0.1, 0.15) is 15.9 Å². The highest BCUT2D eigenvalue weighted by atomic mass is 19.4. The summed E-state index contributed by atoms with van der Waals surface area (Å²) in [6.45, 7) is -1.18. The van der Waals surface area contributed by atoms with Gasteiger partial charge in [0.25, 0.3) is 5.91 Å². The molecule has 1 aromatic carbocycles. The molecule has 0 aliphatic carbocycles. The van der Waals surface area contributed by atoms with E-state index in [1.807, 2.05) is 0 Å². The lowest BCUT2D eigenvalue weighted by Gasteiger charge is -2.22. The summed E-state index contributed by atoms with van der Waals surface area (Å²) in [4.78, 5) is 22.6. The highest BCUT2D eigenvalue weighted by Gasteiger charge is 2.34. The molecule has 0 heterocycles. The molecular formula is C12H12F3NO4. The number of aliphatic carboxylic acids is 1. The Hall–Kier alpha value is -2.25. The first-order chi connectivity index (χ1) is 9.10. The molecule has 0 saturated carbocycles. The van der Waals surface area contributed by atoms with Crippen molar-refractivity contribution in [1.82, 2.24) is 4.90 Å². The minimum atomic E-state index is -4.73. The molecule has 0 fully saturated rings. The fraction of sp³-hybridized carbons (Fsp3) is 0.333. The Balaban J connectivity index is 3.06. The second kappa shape index (κ2) is 5.81. The predicted octanol–water partition coefficient (Wildman–Crippen LogP) is 1.79. The average Bonchev–Trinajstić information content (AvgIpc) is 2.24. The van der Waals surface area contributed by atoms with E-state index in [0.29, 0.717) is 5.56 Å². The fourth-order valence-electron chi connectivity index (χ4n) is 1.57. The van der Waals surface area contributed by atoms with E-state index in [1.54, 1.807) is 6.92 Å². The maximum atomic E-state index is 12.3. The van der Waals surface area contributed by atoms with E-state index in [-0.39, 0.29) is 10.5 Å². The maximum absolute atomic E-state index is 12.3. The van der Waals surface area contributed by atoms with Gasteiger partial charge in [0.1, 0.15) is 18.8 Å². The Bertz CT molecular complexity index is 528. The Labute approximate surface area is 112 Å². The van der Waals surface area contributed by atoms with Crippen molar-refractivity contribution in [2.24, 2.45) is 0 Å². The third-order valence-electron chi connectivity index (χ3n) is 2.37. The van der Waals surface area contributed by atoms with Crippen molar-refractivity contribution in [2.75, 3.05) is 13.1 Å². The van der Waals surface area contributed by atoms with Crippen molar-refractivity contribution < 1.29 is 33.0 Å². The molecule has 1 amide bonds. The van der Waals surface area contributed by atoms with Crippen molar-refractivity contribution in [3.05, 3.63) is 29.3 Å². The standard InChI is InChI=1S/C12H12F3NO4/c1-7-2-3-8(9(17)4-7)11(20)16(5-10(18)19)6-12(13,14)15/h2-4,17H,5-6H2,1H3,(H,18,19). The number of rotatable bonds is 4. The zero-order chi connectivity index (χ0) is 15.5. The summed E-state index contributed by atoms with van der Waals surface area (Å²) in [5, 5.41) is 18.1. The number of carboxylic acid groups (broad SMARTS) is 1. The lowest BCUT2D eigenvalue weighted by Crippen LogP contribution is -2.42. The lowest BCUT2D eigenvalue weighted by molar-refractivity contribution is -0.149. The monoisotopic (exact) mass is 291 g/mol. The highest BCUT2D eigenvalue weighted by molar-refractivity contribution is 5.98. The van der Waals surface area contributed by atoms with E-state index >= 15 is 0 Å². The average molecular weight is 291 g/mol. The molecule has 110 valence electrons. The molecule has 2 N–H and O–H groups in total. The maximum Gasteiger partial charge on any atom is 0.406 e. The number of hydrogen-bond donors (Lipinski definition) is 2. The number of carboxylic acids is 1. The van der Waals surface area contributed by atoms with Crippen LogP contribution >= 0.6 is 0 Å². The first-order valence-corrected chi connectivity index (χ1v) is 5.47. The molecule has 0 atom stereocenters. The molecular weight excluding hydrogens is 279 g/mol. The lowest BCUT2D eigenvalue weighted by atomic mass is 10.1. The van der Waals surface area contributed by atoms with Gasteiger partial charge in [-0.1, -0.05) is 6.07 Å². The fourth-order valence-corrected chi connectivity index (χ4v) is 1.57. The first kappa shape index (κ1) is 15.8. The van der Waals surface area contributed by atoms with Gasteiger partial charge in [-0.3, -0.25) is 9.59 Å². The molecule has 0 spiro atoms. The zero-order valence-electron chi connectivity index (χ0n) is 10.4. The van der Waals surface area contributed by atoms with E-state index in [4.69, 9.17) is 5.11 Å². The van der Waals surface area contributed by atoms with Gasteiger partial charge in [0.05, 0.1) is 5.56 Å². The van der Waals surface area contributed by atoms with Crippen molar-refractivity contribution in [3.8, 4) is 5.75 Å². The summed E-state index contributed by atoms with van der Waals surface area (Å²) < 4.78 is 37.0. The summed E-state index contributed by atoms with van der Waals surface area (Å²) in [7, 11) is 0. The van der Waals surface area contributed by atoms with Crippen LogP contribution in [0.2, 0.25) is 0 Å². The number of phenols is 1. The molecule has 0 aliphatic rings. The van der Waals surface area contributed by atoms with Gasteiger partial charge in [-0.25, -0.2) is 0 Å². The van der Waals surface area contributed by atoms with Crippen molar-refractivity contribution in [2.45, 2.75) is 13.1 Å². The van der Waals surface area contributed by atoms with Gasteiger partial charge in [-0.2, -0.15) is 13.2 Å². The van der Waals surface area contributed by atoms with Gasteiger partial charge in [-0.05, 0) is 24.6 Å². The summed E-state index contributed by atoms with van der Waals surface area (Å²) in [6.07, 6.45) is -4.73. The summed E-state index contributed by atoms with van der Waals surface area (Å²) in [5.41, 5.74) is 0.237. The van der Waals surface area contributed by atoms with Crippen molar-refractivity contribution in [1.29, 1.82) is 0 Å².